The van der Waals surface area contributed by atoms with Crippen molar-refractivity contribution in [3.63, 3.8) is 0 Å². The first kappa shape index (κ1) is 16.8. The average molecular weight is 344 g/mol. The Morgan fingerprint density at radius 1 is 1.04 bits per heavy atom. The Bertz CT molecular complexity index is 678. The van der Waals surface area contributed by atoms with E-state index in [2.05, 4.69) is 17.4 Å². The number of amides is 1. The second kappa shape index (κ2) is 8.20. The zero-order chi connectivity index (χ0) is 16.8. The third-order valence-corrected chi connectivity index (χ3v) is 4.80. The summed E-state index contributed by atoms with van der Waals surface area (Å²) in [5, 5.41) is 3.26. The third kappa shape index (κ3) is 4.51. The second-order valence-electron chi connectivity index (χ2n) is 6.22. The van der Waals surface area contributed by atoms with Crippen LogP contribution in [0.25, 0.3) is 0 Å². The van der Waals surface area contributed by atoms with Crippen LogP contribution in [0, 0.1) is 0 Å². The summed E-state index contributed by atoms with van der Waals surface area (Å²) >= 11 is 6.02. The molecule has 0 radical (unpaired) electrons. The first-order valence-corrected chi connectivity index (χ1v) is 8.87. The Balaban J connectivity index is 1.51. The SMILES string of the molecule is O=C(COc1ccc(C2CCCCC2)cc1)Nc1ccccc1Cl. The summed E-state index contributed by atoms with van der Waals surface area (Å²) in [6, 6.07) is 15.3. The van der Waals surface area contributed by atoms with Gasteiger partial charge in [0.15, 0.2) is 6.61 Å². The number of halogens is 1. The van der Waals surface area contributed by atoms with Crippen molar-refractivity contribution in [2.24, 2.45) is 0 Å². The van der Waals surface area contributed by atoms with Crippen LogP contribution in [0.2, 0.25) is 5.02 Å². The second-order valence-corrected chi connectivity index (χ2v) is 6.63. The van der Waals surface area contributed by atoms with Crippen molar-refractivity contribution in [1.82, 2.24) is 0 Å². The lowest BCUT2D eigenvalue weighted by Crippen LogP contribution is -2.20. The maximum absolute atomic E-state index is 12.0. The van der Waals surface area contributed by atoms with Crippen LogP contribution in [0.15, 0.2) is 48.5 Å². The molecule has 1 N–H and O–H groups in total. The van der Waals surface area contributed by atoms with Crippen molar-refractivity contribution in [3.05, 3.63) is 59.1 Å². The molecule has 126 valence electrons. The van der Waals surface area contributed by atoms with Crippen molar-refractivity contribution in [2.45, 2.75) is 38.0 Å². The maximum atomic E-state index is 12.0. The van der Waals surface area contributed by atoms with Crippen LogP contribution >= 0.6 is 11.6 Å². The van der Waals surface area contributed by atoms with Crippen LogP contribution in [-0.2, 0) is 4.79 Å². The van der Waals surface area contributed by atoms with Gasteiger partial charge >= 0.3 is 0 Å². The Morgan fingerprint density at radius 3 is 2.46 bits per heavy atom. The Labute approximate surface area is 148 Å². The van der Waals surface area contributed by atoms with Crippen LogP contribution in [0.3, 0.4) is 0 Å². The molecule has 3 nitrogen and oxygen atoms in total. The topological polar surface area (TPSA) is 38.3 Å². The summed E-state index contributed by atoms with van der Waals surface area (Å²) < 4.78 is 5.57. The van der Waals surface area contributed by atoms with Crippen LogP contribution in [0.1, 0.15) is 43.6 Å². The fourth-order valence-electron chi connectivity index (χ4n) is 3.17. The van der Waals surface area contributed by atoms with Gasteiger partial charge in [-0.25, -0.2) is 0 Å². The highest BCUT2D eigenvalue weighted by Crippen LogP contribution is 2.33. The molecule has 1 fully saturated rings. The highest BCUT2D eigenvalue weighted by atomic mass is 35.5. The number of nitrogens with one attached hydrogen (secondary N) is 1. The number of ether oxygens (including phenoxy) is 1. The molecule has 0 atom stereocenters. The fraction of sp³-hybridized carbons (Fsp3) is 0.350. The van der Waals surface area contributed by atoms with Gasteiger partial charge in [0.1, 0.15) is 5.75 Å². The zero-order valence-electron chi connectivity index (χ0n) is 13.6. The molecule has 2 aromatic carbocycles. The minimum absolute atomic E-state index is 0.0337. The van der Waals surface area contributed by atoms with Crippen molar-refractivity contribution >= 4 is 23.2 Å². The molecule has 1 aliphatic rings. The maximum Gasteiger partial charge on any atom is 0.262 e. The first-order valence-electron chi connectivity index (χ1n) is 8.49. The van der Waals surface area contributed by atoms with Gasteiger partial charge in [-0.15, -0.1) is 0 Å². The zero-order valence-corrected chi connectivity index (χ0v) is 14.4. The van der Waals surface area contributed by atoms with Gasteiger partial charge in [0.2, 0.25) is 0 Å². The fourth-order valence-corrected chi connectivity index (χ4v) is 3.35. The molecule has 4 heteroatoms. The summed E-state index contributed by atoms with van der Waals surface area (Å²) in [4.78, 5) is 12.0. The van der Waals surface area contributed by atoms with E-state index < -0.39 is 0 Å². The van der Waals surface area contributed by atoms with Gasteiger partial charge in [-0.3, -0.25) is 4.79 Å². The summed E-state index contributed by atoms with van der Waals surface area (Å²) in [6.07, 6.45) is 6.56. The molecular formula is C20H22ClNO2. The Morgan fingerprint density at radius 2 is 1.75 bits per heavy atom. The summed E-state index contributed by atoms with van der Waals surface area (Å²) in [5.74, 6) is 1.17. The quantitative estimate of drug-likeness (QED) is 0.788. The van der Waals surface area contributed by atoms with E-state index in [1.807, 2.05) is 24.3 Å². The van der Waals surface area contributed by atoms with E-state index >= 15 is 0 Å². The van der Waals surface area contributed by atoms with Gasteiger partial charge in [0, 0.05) is 0 Å². The average Bonchev–Trinajstić information content (AvgIpc) is 2.63. The van der Waals surface area contributed by atoms with E-state index in [1.165, 1.54) is 37.7 Å². The number of anilines is 1. The third-order valence-electron chi connectivity index (χ3n) is 4.47. The molecule has 1 aliphatic carbocycles. The smallest absolute Gasteiger partial charge is 0.262 e. The van der Waals surface area contributed by atoms with Crippen molar-refractivity contribution in [2.75, 3.05) is 11.9 Å². The molecule has 1 amide bonds. The van der Waals surface area contributed by atoms with Crippen LogP contribution < -0.4 is 10.1 Å². The van der Waals surface area contributed by atoms with Crippen LogP contribution in [0.4, 0.5) is 5.69 Å². The molecule has 0 unspecified atom stereocenters. The summed E-state index contributed by atoms with van der Waals surface area (Å²) in [6.45, 7) is -0.0337. The number of hydrogen-bond donors (Lipinski definition) is 1. The lowest BCUT2D eigenvalue weighted by atomic mass is 9.84. The number of para-hydroxylation sites is 1. The van der Waals surface area contributed by atoms with Crippen LogP contribution in [0.5, 0.6) is 5.75 Å². The van der Waals surface area contributed by atoms with E-state index in [4.69, 9.17) is 16.3 Å². The van der Waals surface area contributed by atoms with E-state index in [9.17, 15) is 4.79 Å². The molecule has 24 heavy (non-hydrogen) atoms. The standard InChI is InChI=1S/C20H22ClNO2/c21-18-8-4-5-9-19(18)22-20(23)14-24-17-12-10-16(11-13-17)15-6-2-1-3-7-15/h4-5,8-13,15H,1-3,6-7,14H2,(H,22,23). The minimum Gasteiger partial charge on any atom is -0.484 e. The molecule has 1 saturated carbocycles. The van der Waals surface area contributed by atoms with Gasteiger partial charge in [0.25, 0.3) is 5.91 Å². The van der Waals surface area contributed by atoms with E-state index in [0.29, 0.717) is 22.4 Å². The van der Waals surface area contributed by atoms with Gasteiger partial charge in [-0.2, -0.15) is 0 Å². The molecular weight excluding hydrogens is 322 g/mol. The number of hydrogen-bond acceptors (Lipinski definition) is 2. The number of benzene rings is 2. The number of rotatable bonds is 5. The highest BCUT2D eigenvalue weighted by molar-refractivity contribution is 6.33. The van der Waals surface area contributed by atoms with Gasteiger partial charge < -0.3 is 10.1 Å². The van der Waals surface area contributed by atoms with Crippen LogP contribution in [-0.4, -0.2) is 12.5 Å². The molecule has 0 heterocycles. The minimum atomic E-state index is -0.223. The molecule has 0 aromatic heterocycles. The highest BCUT2D eigenvalue weighted by Gasteiger charge is 2.15. The molecule has 0 saturated heterocycles. The predicted molar refractivity (Wildman–Crippen MR) is 97.8 cm³/mol. The summed E-state index contributed by atoms with van der Waals surface area (Å²) in [7, 11) is 0. The summed E-state index contributed by atoms with van der Waals surface area (Å²) in [5.41, 5.74) is 1.97. The Hall–Kier alpha value is -2.00. The Kier molecular flexibility index (Phi) is 5.76. The van der Waals surface area contributed by atoms with Gasteiger partial charge in [-0.1, -0.05) is 55.1 Å². The lowest BCUT2D eigenvalue weighted by molar-refractivity contribution is -0.118. The largest absolute Gasteiger partial charge is 0.484 e. The molecule has 0 spiro atoms. The van der Waals surface area contributed by atoms with Gasteiger partial charge in [-0.05, 0) is 48.6 Å². The monoisotopic (exact) mass is 343 g/mol. The lowest BCUT2D eigenvalue weighted by Gasteiger charge is -2.22. The molecule has 0 bridgehead atoms. The number of carbonyl (C=O) groups is 1. The van der Waals surface area contributed by atoms with Crippen molar-refractivity contribution in [3.8, 4) is 5.75 Å². The normalized spacial score (nSPS) is 15.0. The predicted octanol–water partition coefficient (Wildman–Crippen LogP) is 5.41. The molecule has 3 rings (SSSR count). The van der Waals surface area contributed by atoms with Crippen molar-refractivity contribution in [1.29, 1.82) is 0 Å². The van der Waals surface area contributed by atoms with Crippen molar-refractivity contribution < 1.29 is 9.53 Å². The van der Waals surface area contributed by atoms with E-state index in [-0.39, 0.29) is 12.5 Å². The molecule has 2 aromatic rings. The first-order chi connectivity index (χ1) is 11.7. The molecule has 0 aliphatic heterocycles. The number of carbonyl (C=O) groups excluding carboxylic acids is 1. The van der Waals surface area contributed by atoms with Gasteiger partial charge in [0.05, 0.1) is 10.7 Å². The van der Waals surface area contributed by atoms with E-state index in [0.717, 1.165) is 0 Å². The van der Waals surface area contributed by atoms with E-state index in [1.54, 1.807) is 12.1 Å².